The minimum atomic E-state index is -0.870. The van der Waals surface area contributed by atoms with Crippen molar-refractivity contribution in [2.45, 2.75) is 90.4 Å². The normalized spacial score (nSPS) is 9.00. The van der Waals surface area contributed by atoms with Crippen LogP contribution in [0.2, 0.25) is 0 Å². The van der Waals surface area contributed by atoms with Gasteiger partial charge in [0.05, 0.1) is 0 Å². The van der Waals surface area contributed by atoms with Gasteiger partial charge in [-0.1, -0.05) is 6.92 Å². The van der Waals surface area contributed by atoms with Crippen LogP contribution < -0.4 is 0 Å². The summed E-state index contributed by atoms with van der Waals surface area (Å²) in [5.74, 6) is -5.22. The quantitative estimate of drug-likeness (QED) is 0.151. The Bertz CT molecular complexity index is 447. The second kappa shape index (κ2) is 29.8. The first-order valence-electron chi connectivity index (χ1n) is 10.7. The van der Waals surface area contributed by atoms with Crippen molar-refractivity contribution in [3.05, 3.63) is 0 Å². The van der Waals surface area contributed by atoms with Gasteiger partial charge in [0.1, 0.15) is 0 Å². The molecule has 0 fully saturated rings. The van der Waals surface area contributed by atoms with E-state index in [2.05, 4.69) is 0 Å². The molecule has 0 saturated carbocycles. The number of aliphatic carboxylic acids is 6. The highest BCUT2D eigenvalue weighted by Crippen LogP contribution is 2.00. The van der Waals surface area contributed by atoms with Gasteiger partial charge in [-0.2, -0.15) is 0 Å². The molecule has 34 heavy (non-hydrogen) atoms. The summed E-state index contributed by atoms with van der Waals surface area (Å²) in [5, 5.41) is 56.7. The number of aliphatic hydroxyl groups excluding tert-OH is 1. The molecule has 0 aliphatic rings. The van der Waals surface area contributed by atoms with E-state index in [4.69, 9.17) is 35.7 Å². The standard InChI is InChI=1S/3C6H10O4.C3H8O/c3*7-5(8)3-1-2-4-6(9)10;1-2-3-4/h3*1-4H2,(H,7,8)(H,9,10);4H,2-3H2,1H3. The van der Waals surface area contributed by atoms with Crippen LogP contribution in [0.5, 0.6) is 0 Å². The lowest BCUT2D eigenvalue weighted by Gasteiger charge is -1.92. The summed E-state index contributed by atoms with van der Waals surface area (Å²) in [6.45, 7) is 2.25. The first-order chi connectivity index (χ1) is 15.8. The van der Waals surface area contributed by atoms with Crippen LogP contribution in [-0.4, -0.2) is 78.2 Å². The Kier molecular flexibility index (Phi) is 33.3. The second-order valence-corrected chi connectivity index (χ2v) is 6.71. The molecule has 13 nitrogen and oxygen atoms in total. The predicted octanol–water partition coefficient (Wildman–Crippen LogP) is 2.54. The van der Waals surface area contributed by atoms with Gasteiger partial charge in [0.2, 0.25) is 0 Å². The van der Waals surface area contributed by atoms with E-state index in [9.17, 15) is 28.8 Å². The zero-order valence-electron chi connectivity index (χ0n) is 19.5. The lowest BCUT2D eigenvalue weighted by molar-refractivity contribution is -0.139. The molecular formula is C21H38O13. The van der Waals surface area contributed by atoms with Crippen LogP contribution in [0.4, 0.5) is 0 Å². The maximum atomic E-state index is 9.90. The lowest BCUT2D eigenvalue weighted by atomic mass is 10.2. The summed E-state index contributed by atoms with van der Waals surface area (Å²) in [4.78, 5) is 59.4. The van der Waals surface area contributed by atoms with Gasteiger partial charge in [0.25, 0.3) is 0 Å². The smallest absolute Gasteiger partial charge is 0.303 e. The maximum absolute atomic E-state index is 9.90. The Labute approximate surface area is 198 Å². The molecule has 0 spiro atoms. The van der Waals surface area contributed by atoms with Crippen molar-refractivity contribution >= 4 is 35.8 Å². The van der Waals surface area contributed by atoms with Gasteiger partial charge in [-0.25, -0.2) is 0 Å². The van der Waals surface area contributed by atoms with Crippen LogP contribution in [0, 0.1) is 0 Å². The molecule has 0 radical (unpaired) electrons. The number of hydrogen-bond donors (Lipinski definition) is 7. The fourth-order valence-corrected chi connectivity index (χ4v) is 1.66. The molecule has 0 aromatic rings. The summed E-state index contributed by atoms with van der Waals surface area (Å²) in [6.07, 6.45) is 3.93. The van der Waals surface area contributed by atoms with E-state index in [-0.39, 0.29) is 38.5 Å². The van der Waals surface area contributed by atoms with Crippen LogP contribution in [0.1, 0.15) is 90.4 Å². The highest BCUT2D eigenvalue weighted by molar-refractivity contribution is 5.69. The minimum absolute atomic E-state index is 0.0628. The zero-order valence-corrected chi connectivity index (χ0v) is 19.5. The Morgan fingerprint density at radius 3 is 0.588 bits per heavy atom. The summed E-state index contributed by atoms with van der Waals surface area (Å²) in [6, 6.07) is 0. The van der Waals surface area contributed by atoms with Crippen LogP contribution in [-0.2, 0) is 28.8 Å². The van der Waals surface area contributed by atoms with Crippen molar-refractivity contribution < 1.29 is 64.5 Å². The molecule has 200 valence electrons. The highest BCUT2D eigenvalue weighted by Gasteiger charge is 2.00. The van der Waals surface area contributed by atoms with Gasteiger partial charge in [0.15, 0.2) is 0 Å². The molecule has 0 aliphatic heterocycles. The van der Waals surface area contributed by atoms with Gasteiger partial charge < -0.3 is 35.7 Å². The van der Waals surface area contributed by atoms with Crippen molar-refractivity contribution in [3.8, 4) is 0 Å². The Morgan fingerprint density at radius 1 is 0.412 bits per heavy atom. The predicted molar refractivity (Wildman–Crippen MR) is 119 cm³/mol. The molecule has 0 bridgehead atoms. The number of aliphatic hydroxyl groups is 1. The van der Waals surface area contributed by atoms with Crippen molar-refractivity contribution in [2.24, 2.45) is 0 Å². The van der Waals surface area contributed by atoms with Gasteiger partial charge in [-0.15, -0.1) is 0 Å². The van der Waals surface area contributed by atoms with Crippen molar-refractivity contribution in [3.63, 3.8) is 0 Å². The minimum Gasteiger partial charge on any atom is -0.481 e. The highest BCUT2D eigenvalue weighted by atomic mass is 16.4. The molecule has 0 aromatic heterocycles. The van der Waals surface area contributed by atoms with Crippen molar-refractivity contribution in [2.75, 3.05) is 6.61 Å². The number of carbonyl (C=O) groups is 6. The van der Waals surface area contributed by atoms with Crippen molar-refractivity contribution in [1.29, 1.82) is 0 Å². The second-order valence-electron chi connectivity index (χ2n) is 6.71. The van der Waals surface area contributed by atoms with E-state index >= 15 is 0 Å². The molecule has 0 rings (SSSR count). The molecule has 13 heteroatoms. The molecule has 7 N–H and O–H groups in total. The van der Waals surface area contributed by atoms with E-state index in [0.717, 1.165) is 6.42 Å². The SMILES string of the molecule is CCCO.O=C(O)CCCCC(=O)O.O=C(O)CCCCC(=O)O.O=C(O)CCCCC(=O)O. The summed E-state index contributed by atoms with van der Waals surface area (Å²) in [7, 11) is 0. The molecule has 0 atom stereocenters. The summed E-state index contributed by atoms with van der Waals surface area (Å²) in [5.41, 5.74) is 0. The van der Waals surface area contributed by atoms with Gasteiger partial charge in [-0.05, 0) is 44.9 Å². The van der Waals surface area contributed by atoms with Crippen LogP contribution in [0.15, 0.2) is 0 Å². The first-order valence-corrected chi connectivity index (χ1v) is 10.7. The molecule has 0 heterocycles. The van der Waals surface area contributed by atoms with E-state index in [0.29, 0.717) is 45.1 Å². The number of rotatable bonds is 16. The van der Waals surface area contributed by atoms with Gasteiger partial charge in [0, 0.05) is 45.1 Å². The first kappa shape index (κ1) is 38.1. The Morgan fingerprint density at radius 2 is 0.529 bits per heavy atom. The largest absolute Gasteiger partial charge is 0.481 e. The maximum Gasteiger partial charge on any atom is 0.303 e. The molecule has 0 unspecified atom stereocenters. The Balaban J connectivity index is -0.000000184. The fraction of sp³-hybridized carbons (Fsp3) is 0.714. The fourth-order valence-electron chi connectivity index (χ4n) is 1.66. The third kappa shape index (κ3) is 63.0. The third-order valence-electron chi connectivity index (χ3n) is 3.32. The average molecular weight is 499 g/mol. The van der Waals surface area contributed by atoms with E-state index in [1.54, 1.807) is 0 Å². The number of unbranched alkanes of at least 4 members (excludes halogenated alkanes) is 3. The Hall–Kier alpha value is -3.22. The topological polar surface area (TPSA) is 244 Å². The van der Waals surface area contributed by atoms with E-state index in [1.807, 2.05) is 6.92 Å². The van der Waals surface area contributed by atoms with Crippen LogP contribution >= 0.6 is 0 Å². The van der Waals surface area contributed by atoms with Crippen molar-refractivity contribution in [1.82, 2.24) is 0 Å². The molecule has 0 amide bonds. The monoisotopic (exact) mass is 498 g/mol. The van der Waals surface area contributed by atoms with E-state index in [1.165, 1.54) is 0 Å². The number of carboxylic acids is 6. The van der Waals surface area contributed by atoms with Gasteiger partial charge >= 0.3 is 35.8 Å². The molecule has 0 saturated heterocycles. The third-order valence-corrected chi connectivity index (χ3v) is 3.32. The van der Waals surface area contributed by atoms with E-state index < -0.39 is 35.8 Å². The zero-order chi connectivity index (χ0) is 27.4. The van der Waals surface area contributed by atoms with Gasteiger partial charge in [-0.3, -0.25) is 28.8 Å². The summed E-state index contributed by atoms with van der Waals surface area (Å²) >= 11 is 0. The summed E-state index contributed by atoms with van der Waals surface area (Å²) < 4.78 is 0. The molecular weight excluding hydrogens is 460 g/mol. The van der Waals surface area contributed by atoms with Crippen LogP contribution in [0.3, 0.4) is 0 Å². The number of hydrogen-bond acceptors (Lipinski definition) is 7. The number of carboxylic acid groups (broad SMARTS) is 6. The lowest BCUT2D eigenvalue weighted by Crippen LogP contribution is -1.97. The molecule has 0 aliphatic carbocycles. The average Bonchev–Trinajstić information content (AvgIpc) is 2.72. The molecule has 0 aromatic carbocycles. The van der Waals surface area contributed by atoms with Crippen LogP contribution in [0.25, 0.3) is 0 Å².